The van der Waals surface area contributed by atoms with E-state index in [4.69, 9.17) is 10.2 Å². The topological polar surface area (TPSA) is 40.5 Å². The summed E-state index contributed by atoms with van der Waals surface area (Å²) >= 11 is 0. The molecule has 4 radical (unpaired) electrons. The van der Waals surface area contributed by atoms with Crippen molar-refractivity contribution in [2.24, 2.45) is 0 Å². The molecular weight excluding hydrogens is 78.8 g/mol. The number of hydrogen-bond donors (Lipinski definition) is 2. The first-order chi connectivity index (χ1) is 2.27. The van der Waals surface area contributed by atoms with E-state index in [1.165, 1.54) is 6.92 Å². The molecule has 0 aliphatic rings. The van der Waals surface area contributed by atoms with Crippen molar-refractivity contribution in [3.63, 3.8) is 0 Å². The van der Waals surface area contributed by atoms with Crippen LogP contribution >= 0.6 is 0 Å². The standard InChI is InChI=1S/C3H8O2.B/c1-3(5)2-4;/h3-5H,2H2,1H3;/q;-1. The highest BCUT2D eigenvalue weighted by Gasteiger charge is 1.83. The van der Waals surface area contributed by atoms with Gasteiger partial charge in [0.15, 0.2) is 0 Å². The van der Waals surface area contributed by atoms with Crippen molar-refractivity contribution < 1.29 is 10.2 Å². The van der Waals surface area contributed by atoms with Gasteiger partial charge in [0.05, 0.1) is 12.7 Å². The van der Waals surface area contributed by atoms with Gasteiger partial charge in [-0.3, -0.25) is 0 Å². The summed E-state index contributed by atoms with van der Waals surface area (Å²) < 4.78 is 0. The Kier molecular flexibility index (Phi) is 7.78. The van der Waals surface area contributed by atoms with E-state index >= 15 is 0 Å². The van der Waals surface area contributed by atoms with Gasteiger partial charge in [0.1, 0.15) is 0 Å². The van der Waals surface area contributed by atoms with Crippen molar-refractivity contribution in [3.8, 4) is 0 Å². The zero-order valence-electron chi connectivity index (χ0n) is 3.76. The summed E-state index contributed by atoms with van der Waals surface area (Å²) in [6, 6.07) is 0. The lowest BCUT2D eigenvalue weighted by Gasteiger charge is -1.90. The Bertz CT molecular complexity index is 22.8. The zero-order chi connectivity index (χ0) is 4.28. The van der Waals surface area contributed by atoms with Gasteiger partial charge in [0.2, 0.25) is 0 Å². The summed E-state index contributed by atoms with van der Waals surface area (Å²) in [6.45, 7) is 1.39. The predicted octanol–water partition coefficient (Wildman–Crippen LogP) is -1.02. The van der Waals surface area contributed by atoms with Gasteiger partial charge in [0, 0.05) is 0 Å². The van der Waals surface area contributed by atoms with Crippen LogP contribution in [0.3, 0.4) is 0 Å². The second kappa shape index (κ2) is 4.98. The minimum atomic E-state index is -0.560. The Morgan fingerprint density at radius 1 is 1.67 bits per heavy atom. The maximum Gasteiger partial charge on any atom is 0.0742 e. The molecule has 0 bridgehead atoms. The van der Waals surface area contributed by atoms with Crippen LogP contribution in [-0.2, 0) is 0 Å². The van der Waals surface area contributed by atoms with Crippen LogP contribution in [0.25, 0.3) is 0 Å². The fourth-order valence-electron chi connectivity index (χ4n) is 0. The van der Waals surface area contributed by atoms with Gasteiger partial charge >= 0.3 is 0 Å². The third kappa shape index (κ3) is 9.01. The highest BCUT2D eigenvalue weighted by molar-refractivity contribution is 5.75. The molecule has 0 saturated heterocycles. The van der Waals surface area contributed by atoms with E-state index in [1.54, 1.807) is 0 Å². The number of rotatable bonds is 1. The minimum Gasteiger partial charge on any atom is -1.00 e. The minimum absolute atomic E-state index is 0. The molecule has 6 heavy (non-hydrogen) atoms. The van der Waals surface area contributed by atoms with E-state index in [-0.39, 0.29) is 15.0 Å². The molecule has 0 amide bonds. The maximum atomic E-state index is 8.11. The Morgan fingerprint density at radius 2 is 1.83 bits per heavy atom. The van der Waals surface area contributed by atoms with Crippen LogP contribution < -0.4 is 0 Å². The summed E-state index contributed by atoms with van der Waals surface area (Å²) in [5.74, 6) is 0. The third-order valence-electron chi connectivity index (χ3n) is 0.264. The van der Waals surface area contributed by atoms with Crippen LogP contribution in [0.4, 0.5) is 0 Å². The zero-order valence-corrected chi connectivity index (χ0v) is 3.76. The normalized spacial score (nSPS) is 12.5. The lowest BCUT2D eigenvalue weighted by molar-refractivity contribution is 0.110. The van der Waals surface area contributed by atoms with Gasteiger partial charge in [-0.05, 0) is 6.92 Å². The molecule has 0 aliphatic heterocycles. The lowest BCUT2D eigenvalue weighted by Crippen LogP contribution is -2.03. The van der Waals surface area contributed by atoms with Crippen molar-refractivity contribution in [3.05, 3.63) is 0 Å². The van der Waals surface area contributed by atoms with Gasteiger partial charge in [0.25, 0.3) is 0 Å². The van der Waals surface area contributed by atoms with Crippen molar-refractivity contribution >= 4 is 8.41 Å². The van der Waals surface area contributed by atoms with Crippen molar-refractivity contribution in [2.75, 3.05) is 6.61 Å². The highest BCUT2D eigenvalue weighted by atomic mass is 16.3. The molecule has 0 rings (SSSR count). The second-order valence-corrected chi connectivity index (χ2v) is 1.03. The lowest BCUT2D eigenvalue weighted by atomic mass is 10.5. The molecule has 0 fully saturated rings. The second-order valence-electron chi connectivity index (χ2n) is 1.03. The van der Waals surface area contributed by atoms with E-state index in [2.05, 4.69) is 0 Å². The highest BCUT2D eigenvalue weighted by Crippen LogP contribution is 1.68. The van der Waals surface area contributed by atoms with Crippen molar-refractivity contribution in [1.82, 2.24) is 0 Å². The van der Waals surface area contributed by atoms with E-state index < -0.39 is 6.10 Å². The summed E-state index contributed by atoms with van der Waals surface area (Å²) in [5, 5.41) is 16.0. The number of hydrogen-bond acceptors (Lipinski definition) is 2. The van der Waals surface area contributed by atoms with Gasteiger partial charge in [-0.2, -0.15) is 0 Å². The monoisotopic (exact) mass is 87.1 g/mol. The van der Waals surface area contributed by atoms with Crippen molar-refractivity contribution in [2.45, 2.75) is 13.0 Å². The fraction of sp³-hybridized carbons (Fsp3) is 1.00. The van der Waals surface area contributed by atoms with E-state index in [0.29, 0.717) is 0 Å². The molecule has 0 aromatic rings. The Morgan fingerprint density at radius 3 is 1.83 bits per heavy atom. The molecule has 1 unspecified atom stereocenters. The quantitative estimate of drug-likeness (QED) is 0.402. The van der Waals surface area contributed by atoms with Crippen molar-refractivity contribution in [1.29, 1.82) is 0 Å². The average molecular weight is 86.9 g/mol. The first kappa shape index (κ1) is 9.37. The summed E-state index contributed by atoms with van der Waals surface area (Å²) in [4.78, 5) is 0. The van der Waals surface area contributed by atoms with Gasteiger partial charge in [-0.15, -0.1) is 0 Å². The first-order valence-corrected chi connectivity index (χ1v) is 1.56. The predicted molar refractivity (Wildman–Crippen MR) is 24.5 cm³/mol. The Labute approximate surface area is 39.4 Å². The Hall–Kier alpha value is -0.0151. The van der Waals surface area contributed by atoms with Crippen LogP contribution in [0.1, 0.15) is 6.92 Å². The summed E-state index contributed by atoms with van der Waals surface area (Å²) in [5.41, 5.74) is 0. The molecule has 0 saturated carbocycles. The molecule has 0 aromatic heterocycles. The van der Waals surface area contributed by atoms with Crippen LogP contribution in [0.15, 0.2) is 0 Å². The molecule has 2 nitrogen and oxygen atoms in total. The smallest absolute Gasteiger partial charge is 0.0742 e. The largest absolute Gasteiger partial charge is 1.00 e. The van der Waals surface area contributed by atoms with Gasteiger partial charge < -0.3 is 18.6 Å². The third-order valence-corrected chi connectivity index (χ3v) is 0.264. The van der Waals surface area contributed by atoms with E-state index in [0.717, 1.165) is 0 Å². The molecule has 0 aliphatic carbocycles. The van der Waals surface area contributed by atoms with Crippen LogP contribution in [0.5, 0.6) is 0 Å². The molecule has 1 atom stereocenters. The van der Waals surface area contributed by atoms with E-state index in [9.17, 15) is 0 Å². The SMILES string of the molecule is CC(O)CO.[B-]. The average Bonchev–Trinajstić information content (AvgIpc) is 1.38. The fourth-order valence-corrected chi connectivity index (χ4v) is 0. The molecule has 36 valence electrons. The molecule has 3 heteroatoms. The van der Waals surface area contributed by atoms with Crippen LogP contribution in [0, 0.1) is 0 Å². The van der Waals surface area contributed by atoms with E-state index in [1.807, 2.05) is 0 Å². The summed E-state index contributed by atoms with van der Waals surface area (Å²) in [7, 11) is 0. The molecule has 2 N–H and O–H groups in total. The molecule has 0 heterocycles. The molecule has 0 aromatic carbocycles. The molecule has 0 spiro atoms. The van der Waals surface area contributed by atoms with Crippen LogP contribution in [-0.4, -0.2) is 31.3 Å². The maximum absolute atomic E-state index is 8.11. The van der Waals surface area contributed by atoms with Gasteiger partial charge in [-0.25, -0.2) is 0 Å². The first-order valence-electron chi connectivity index (χ1n) is 1.56. The Balaban J connectivity index is 0. The number of aliphatic hydroxyl groups excluding tert-OH is 2. The van der Waals surface area contributed by atoms with Crippen LogP contribution in [0.2, 0.25) is 0 Å². The van der Waals surface area contributed by atoms with Gasteiger partial charge in [-0.1, -0.05) is 0 Å². The summed E-state index contributed by atoms with van der Waals surface area (Å²) in [6.07, 6.45) is -0.560. The molecular formula is C3H8BO2-. The number of aliphatic hydroxyl groups is 2.